The monoisotopic (exact) mass is 279 g/mol. The molecule has 0 bridgehead atoms. The molecule has 4 nitrogen and oxygen atoms in total. The number of nitriles is 1. The summed E-state index contributed by atoms with van der Waals surface area (Å²) in [5.41, 5.74) is -0.925. The van der Waals surface area contributed by atoms with Gasteiger partial charge in [-0.15, -0.1) is 0 Å². The number of carbonyl (C=O) groups is 1. The zero-order valence-electron chi connectivity index (χ0n) is 11.1. The Labute approximate surface area is 116 Å². The summed E-state index contributed by atoms with van der Waals surface area (Å²) in [6, 6.07) is 5.08. The molecule has 1 heterocycles. The van der Waals surface area contributed by atoms with E-state index >= 15 is 0 Å². The minimum Gasteiger partial charge on any atom is -0.334 e. The Morgan fingerprint density at radius 1 is 1.35 bits per heavy atom. The number of nitrogens with one attached hydrogen (secondary N) is 1. The Morgan fingerprint density at radius 2 is 2.00 bits per heavy atom. The minimum absolute atomic E-state index is 0.0115. The van der Waals surface area contributed by atoms with Gasteiger partial charge in [-0.05, 0) is 38.1 Å². The van der Waals surface area contributed by atoms with Gasteiger partial charge in [0, 0.05) is 18.7 Å². The summed E-state index contributed by atoms with van der Waals surface area (Å²) in [5, 5.41) is 12.0. The number of piperidine rings is 1. The third kappa shape index (κ3) is 2.94. The van der Waals surface area contributed by atoms with Gasteiger partial charge in [-0.2, -0.15) is 5.26 Å². The number of amides is 1. The van der Waals surface area contributed by atoms with Crippen LogP contribution in [0.2, 0.25) is 0 Å². The first-order valence-electron chi connectivity index (χ1n) is 6.33. The molecule has 0 radical (unpaired) electrons. The molecule has 1 aliphatic rings. The summed E-state index contributed by atoms with van der Waals surface area (Å²) in [7, 11) is 1.94. The molecule has 1 aromatic rings. The molecule has 1 aromatic carbocycles. The first kappa shape index (κ1) is 14.4. The number of carbonyl (C=O) groups excluding carboxylic acids is 1. The van der Waals surface area contributed by atoms with E-state index in [2.05, 4.69) is 16.3 Å². The molecule has 0 atom stereocenters. The fourth-order valence-corrected chi connectivity index (χ4v) is 2.19. The molecular formula is C14H15F2N3O. The van der Waals surface area contributed by atoms with Crippen LogP contribution in [0, 0.1) is 23.0 Å². The second kappa shape index (κ2) is 5.55. The molecule has 106 valence electrons. The molecule has 0 unspecified atom stereocenters. The van der Waals surface area contributed by atoms with Gasteiger partial charge in [0.1, 0.15) is 5.54 Å². The van der Waals surface area contributed by atoms with Crippen LogP contribution < -0.4 is 5.32 Å². The van der Waals surface area contributed by atoms with Crippen LogP contribution in [0.15, 0.2) is 18.2 Å². The molecule has 20 heavy (non-hydrogen) atoms. The molecule has 1 N–H and O–H groups in total. The lowest BCUT2D eigenvalue weighted by atomic mass is 9.89. The van der Waals surface area contributed by atoms with Gasteiger partial charge < -0.3 is 10.2 Å². The molecular weight excluding hydrogens is 264 g/mol. The van der Waals surface area contributed by atoms with Gasteiger partial charge in [-0.25, -0.2) is 8.78 Å². The fraction of sp³-hybridized carbons (Fsp3) is 0.429. The van der Waals surface area contributed by atoms with Crippen molar-refractivity contribution < 1.29 is 13.6 Å². The quantitative estimate of drug-likeness (QED) is 0.896. The SMILES string of the molecule is CN1CCC(C#N)(NC(=O)c2ccc(F)c(F)c2)CC1. The van der Waals surface area contributed by atoms with Gasteiger partial charge in [-0.1, -0.05) is 0 Å². The number of hydrogen-bond donors (Lipinski definition) is 1. The van der Waals surface area contributed by atoms with Crippen molar-refractivity contribution in [1.82, 2.24) is 10.2 Å². The largest absolute Gasteiger partial charge is 0.334 e. The Morgan fingerprint density at radius 3 is 2.55 bits per heavy atom. The third-order valence-corrected chi connectivity index (χ3v) is 3.59. The number of rotatable bonds is 2. The molecule has 1 aliphatic heterocycles. The van der Waals surface area contributed by atoms with E-state index in [4.69, 9.17) is 0 Å². The number of likely N-dealkylation sites (tertiary alicyclic amines) is 1. The lowest BCUT2D eigenvalue weighted by Gasteiger charge is -2.36. The van der Waals surface area contributed by atoms with Crippen LogP contribution in [0.4, 0.5) is 8.78 Å². The number of hydrogen-bond acceptors (Lipinski definition) is 3. The van der Waals surface area contributed by atoms with Gasteiger partial charge in [0.2, 0.25) is 0 Å². The highest BCUT2D eigenvalue weighted by Crippen LogP contribution is 2.21. The average molecular weight is 279 g/mol. The summed E-state index contributed by atoms with van der Waals surface area (Å²) in [5.74, 6) is -2.64. The molecule has 1 amide bonds. The average Bonchev–Trinajstić information content (AvgIpc) is 2.44. The normalized spacial score (nSPS) is 18.3. The molecule has 1 saturated heterocycles. The summed E-state index contributed by atoms with van der Waals surface area (Å²) in [4.78, 5) is 14.1. The van der Waals surface area contributed by atoms with Crippen LogP contribution in [-0.4, -0.2) is 36.5 Å². The minimum atomic E-state index is -1.08. The first-order valence-corrected chi connectivity index (χ1v) is 6.33. The summed E-state index contributed by atoms with van der Waals surface area (Å²) >= 11 is 0. The van der Waals surface area contributed by atoms with Gasteiger partial charge in [0.25, 0.3) is 5.91 Å². The molecule has 0 aromatic heterocycles. The van der Waals surface area contributed by atoms with Crippen molar-refractivity contribution in [2.24, 2.45) is 0 Å². The maximum Gasteiger partial charge on any atom is 0.252 e. The van der Waals surface area contributed by atoms with Crippen molar-refractivity contribution >= 4 is 5.91 Å². The zero-order valence-corrected chi connectivity index (χ0v) is 11.1. The van der Waals surface area contributed by atoms with Crippen molar-refractivity contribution in [3.63, 3.8) is 0 Å². The van der Waals surface area contributed by atoms with Gasteiger partial charge in [0.15, 0.2) is 11.6 Å². The van der Waals surface area contributed by atoms with Crippen molar-refractivity contribution in [1.29, 1.82) is 5.26 Å². The Balaban J connectivity index is 2.13. The highest BCUT2D eigenvalue weighted by Gasteiger charge is 2.35. The summed E-state index contributed by atoms with van der Waals surface area (Å²) in [6.07, 6.45) is 1.02. The second-order valence-corrected chi connectivity index (χ2v) is 5.08. The van der Waals surface area contributed by atoms with E-state index in [0.29, 0.717) is 25.9 Å². The van der Waals surface area contributed by atoms with E-state index < -0.39 is 23.1 Å². The Kier molecular flexibility index (Phi) is 4.00. The Hall–Kier alpha value is -2.00. The topological polar surface area (TPSA) is 56.1 Å². The van der Waals surface area contributed by atoms with E-state index in [0.717, 1.165) is 12.1 Å². The fourth-order valence-electron chi connectivity index (χ4n) is 2.19. The van der Waals surface area contributed by atoms with Crippen molar-refractivity contribution in [3.8, 4) is 6.07 Å². The van der Waals surface area contributed by atoms with E-state index in [1.807, 2.05) is 7.05 Å². The van der Waals surface area contributed by atoms with Gasteiger partial charge in [0.05, 0.1) is 6.07 Å². The molecule has 0 saturated carbocycles. The zero-order chi connectivity index (χ0) is 14.8. The number of benzene rings is 1. The van der Waals surface area contributed by atoms with Crippen LogP contribution in [0.25, 0.3) is 0 Å². The van der Waals surface area contributed by atoms with Crippen molar-refractivity contribution in [2.45, 2.75) is 18.4 Å². The molecule has 6 heteroatoms. The lowest BCUT2D eigenvalue weighted by Crippen LogP contribution is -2.53. The number of nitrogens with zero attached hydrogens (tertiary/aromatic N) is 2. The van der Waals surface area contributed by atoms with Crippen LogP contribution in [0.5, 0.6) is 0 Å². The first-order chi connectivity index (χ1) is 9.46. The lowest BCUT2D eigenvalue weighted by molar-refractivity contribution is 0.0881. The van der Waals surface area contributed by atoms with E-state index in [9.17, 15) is 18.8 Å². The van der Waals surface area contributed by atoms with E-state index in [1.54, 1.807) is 0 Å². The second-order valence-electron chi connectivity index (χ2n) is 5.08. The van der Waals surface area contributed by atoms with Crippen LogP contribution >= 0.6 is 0 Å². The van der Waals surface area contributed by atoms with E-state index in [-0.39, 0.29) is 5.56 Å². The molecule has 2 rings (SSSR count). The third-order valence-electron chi connectivity index (χ3n) is 3.59. The van der Waals surface area contributed by atoms with Crippen molar-refractivity contribution in [3.05, 3.63) is 35.4 Å². The maximum absolute atomic E-state index is 13.1. The molecule has 1 fully saturated rings. The maximum atomic E-state index is 13.1. The Bertz CT molecular complexity index is 560. The van der Waals surface area contributed by atoms with Crippen molar-refractivity contribution in [2.75, 3.05) is 20.1 Å². The number of halogens is 2. The molecule has 0 aliphatic carbocycles. The van der Waals surface area contributed by atoms with Gasteiger partial charge >= 0.3 is 0 Å². The highest BCUT2D eigenvalue weighted by molar-refractivity contribution is 5.95. The smallest absolute Gasteiger partial charge is 0.252 e. The summed E-state index contributed by atoms with van der Waals surface area (Å²) < 4.78 is 26.0. The standard InChI is InChI=1S/C14H15F2N3O/c1-19-6-4-14(9-17,5-7-19)18-13(20)10-2-3-11(15)12(16)8-10/h2-3,8H,4-7H2,1H3,(H,18,20). The van der Waals surface area contributed by atoms with Gasteiger partial charge in [-0.3, -0.25) is 4.79 Å². The predicted octanol–water partition coefficient (Wildman–Crippen LogP) is 1.68. The molecule has 0 spiro atoms. The van der Waals surface area contributed by atoms with Crippen LogP contribution in [-0.2, 0) is 0 Å². The van der Waals surface area contributed by atoms with Crippen LogP contribution in [0.1, 0.15) is 23.2 Å². The predicted molar refractivity (Wildman–Crippen MR) is 68.9 cm³/mol. The van der Waals surface area contributed by atoms with Crippen LogP contribution in [0.3, 0.4) is 0 Å². The van der Waals surface area contributed by atoms with E-state index in [1.165, 1.54) is 6.07 Å². The highest BCUT2D eigenvalue weighted by atomic mass is 19.2. The summed E-state index contributed by atoms with van der Waals surface area (Å²) in [6.45, 7) is 1.40.